The Balaban J connectivity index is 1.82. The fraction of sp³-hybridized carbons (Fsp3) is 0.222. The predicted molar refractivity (Wildman–Crippen MR) is 90.4 cm³/mol. The number of benzene rings is 1. The molecule has 1 unspecified atom stereocenters. The Bertz CT molecular complexity index is 747. The van der Waals surface area contributed by atoms with Crippen molar-refractivity contribution in [2.45, 2.75) is 25.6 Å². The summed E-state index contributed by atoms with van der Waals surface area (Å²) in [6, 6.07) is 11.8. The van der Waals surface area contributed by atoms with E-state index in [0.29, 0.717) is 29.3 Å². The van der Waals surface area contributed by atoms with Crippen LogP contribution < -0.4 is 4.74 Å². The number of aromatic nitrogens is 2. The van der Waals surface area contributed by atoms with Crippen LogP contribution in [0.4, 0.5) is 0 Å². The van der Waals surface area contributed by atoms with Gasteiger partial charge in [-0.25, -0.2) is 4.98 Å². The lowest BCUT2D eigenvalue weighted by molar-refractivity contribution is 0.0754. The van der Waals surface area contributed by atoms with Gasteiger partial charge in [0.2, 0.25) is 0 Å². The van der Waals surface area contributed by atoms with Crippen molar-refractivity contribution in [3.05, 3.63) is 76.5 Å². The Morgan fingerprint density at radius 3 is 2.74 bits per heavy atom. The molecule has 2 aromatic heterocycles. The zero-order valence-corrected chi connectivity index (χ0v) is 13.7. The Morgan fingerprint density at radius 2 is 2.04 bits per heavy atom. The SMILES string of the molecule is CCC(O)(c1cncc(OCc2ccccc2)c1)c1nccs1. The van der Waals surface area contributed by atoms with Gasteiger partial charge in [0, 0.05) is 23.3 Å². The highest BCUT2D eigenvalue weighted by Gasteiger charge is 2.33. The third-order valence-electron chi connectivity index (χ3n) is 3.74. The van der Waals surface area contributed by atoms with E-state index < -0.39 is 5.60 Å². The van der Waals surface area contributed by atoms with Crippen LogP contribution in [0.25, 0.3) is 0 Å². The monoisotopic (exact) mass is 326 g/mol. The van der Waals surface area contributed by atoms with Gasteiger partial charge in [-0.05, 0) is 18.1 Å². The second-order valence-electron chi connectivity index (χ2n) is 5.23. The van der Waals surface area contributed by atoms with Gasteiger partial charge in [-0.3, -0.25) is 4.98 Å². The van der Waals surface area contributed by atoms with Crippen LogP contribution >= 0.6 is 11.3 Å². The Labute approximate surface area is 139 Å². The van der Waals surface area contributed by atoms with Gasteiger partial charge < -0.3 is 9.84 Å². The maximum absolute atomic E-state index is 11.0. The molecule has 23 heavy (non-hydrogen) atoms. The largest absolute Gasteiger partial charge is 0.487 e. The van der Waals surface area contributed by atoms with Gasteiger partial charge >= 0.3 is 0 Å². The Morgan fingerprint density at radius 1 is 1.22 bits per heavy atom. The van der Waals surface area contributed by atoms with E-state index in [1.54, 1.807) is 18.6 Å². The first-order valence-corrected chi connectivity index (χ1v) is 8.35. The fourth-order valence-corrected chi connectivity index (χ4v) is 3.20. The third kappa shape index (κ3) is 3.41. The molecule has 0 bridgehead atoms. The van der Waals surface area contributed by atoms with Gasteiger partial charge in [0.25, 0.3) is 0 Å². The van der Waals surface area contributed by atoms with E-state index in [0.717, 1.165) is 5.56 Å². The van der Waals surface area contributed by atoms with E-state index >= 15 is 0 Å². The van der Waals surface area contributed by atoms with E-state index in [4.69, 9.17) is 4.74 Å². The zero-order chi connectivity index (χ0) is 16.1. The van der Waals surface area contributed by atoms with Crippen LogP contribution in [0.5, 0.6) is 5.75 Å². The average Bonchev–Trinajstić information content (AvgIpc) is 3.16. The molecule has 1 aromatic carbocycles. The van der Waals surface area contributed by atoms with E-state index in [1.165, 1.54) is 11.3 Å². The number of hydrogen-bond donors (Lipinski definition) is 1. The maximum atomic E-state index is 11.0. The van der Waals surface area contributed by atoms with Gasteiger partial charge in [-0.2, -0.15) is 0 Å². The van der Waals surface area contributed by atoms with Gasteiger partial charge in [-0.1, -0.05) is 37.3 Å². The van der Waals surface area contributed by atoms with Crippen LogP contribution in [0.15, 0.2) is 60.4 Å². The summed E-state index contributed by atoms with van der Waals surface area (Å²) in [6.45, 7) is 2.40. The molecule has 0 saturated carbocycles. The Hall–Kier alpha value is -2.24. The molecule has 1 atom stereocenters. The molecule has 4 nitrogen and oxygen atoms in total. The zero-order valence-electron chi connectivity index (χ0n) is 12.8. The molecule has 5 heteroatoms. The van der Waals surface area contributed by atoms with E-state index in [1.807, 2.05) is 48.7 Å². The first-order valence-electron chi connectivity index (χ1n) is 7.47. The highest BCUT2D eigenvalue weighted by molar-refractivity contribution is 7.09. The molecule has 0 amide bonds. The van der Waals surface area contributed by atoms with Crippen molar-refractivity contribution in [2.24, 2.45) is 0 Å². The number of hydrogen-bond acceptors (Lipinski definition) is 5. The number of thiazole rings is 1. The van der Waals surface area contributed by atoms with E-state index in [-0.39, 0.29) is 0 Å². The van der Waals surface area contributed by atoms with E-state index in [2.05, 4.69) is 9.97 Å². The molecular weight excluding hydrogens is 308 g/mol. The second kappa shape index (κ2) is 6.89. The number of pyridine rings is 1. The number of ether oxygens (including phenoxy) is 1. The summed E-state index contributed by atoms with van der Waals surface area (Å²) in [5, 5.41) is 13.5. The Kier molecular flexibility index (Phi) is 4.69. The minimum Gasteiger partial charge on any atom is -0.487 e. The van der Waals surface area contributed by atoms with Crippen LogP contribution in [0.2, 0.25) is 0 Å². The highest BCUT2D eigenvalue weighted by Crippen LogP contribution is 2.35. The number of rotatable bonds is 6. The van der Waals surface area contributed by atoms with Crippen molar-refractivity contribution in [3.63, 3.8) is 0 Å². The number of nitrogens with zero attached hydrogens (tertiary/aromatic N) is 2. The third-order valence-corrected chi connectivity index (χ3v) is 4.66. The van der Waals surface area contributed by atoms with Crippen molar-refractivity contribution >= 4 is 11.3 Å². The lowest BCUT2D eigenvalue weighted by Crippen LogP contribution is -2.26. The van der Waals surface area contributed by atoms with Crippen molar-refractivity contribution < 1.29 is 9.84 Å². The fourth-order valence-electron chi connectivity index (χ4n) is 2.37. The van der Waals surface area contributed by atoms with Crippen molar-refractivity contribution in [3.8, 4) is 5.75 Å². The quantitative estimate of drug-likeness (QED) is 0.749. The molecule has 0 aliphatic heterocycles. The predicted octanol–water partition coefficient (Wildman–Crippen LogP) is 3.76. The molecule has 0 aliphatic carbocycles. The second-order valence-corrected chi connectivity index (χ2v) is 6.13. The maximum Gasteiger partial charge on any atom is 0.142 e. The molecular formula is C18H18N2O2S. The smallest absolute Gasteiger partial charge is 0.142 e. The average molecular weight is 326 g/mol. The minimum absolute atomic E-state index is 0.466. The summed E-state index contributed by atoms with van der Waals surface area (Å²) in [7, 11) is 0. The summed E-state index contributed by atoms with van der Waals surface area (Å²) in [6.07, 6.45) is 5.54. The summed E-state index contributed by atoms with van der Waals surface area (Å²) >= 11 is 1.44. The minimum atomic E-state index is -1.13. The van der Waals surface area contributed by atoms with Gasteiger partial charge in [-0.15, -0.1) is 11.3 Å². The lowest BCUT2D eigenvalue weighted by Gasteiger charge is -2.25. The highest BCUT2D eigenvalue weighted by atomic mass is 32.1. The van der Waals surface area contributed by atoms with Crippen LogP contribution in [-0.4, -0.2) is 15.1 Å². The molecule has 0 saturated heterocycles. The first kappa shape index (κ1) is 15.6. The van der Waals surface area contributed by atoms with Crippen LogP contribution in [-0.2, 0) is 12.2 Å². The molecule has 0 fully saturated rings. The molecule has 0 spiro atoms. The molecule has 2 heterocycles. The van der Waals surface area contributed by atoms with Crippen LogP contribution in [0.1, 0.15) is 29.5 Å². The number of aliphatic hydroxyl groups is 1. The summed E-state index contributed by atoms with van der Waals surface area (Å²) in [4.78, 5) is 8.47. The van der Waals surface area contributed by atoms with Crippen molar-refractivity contribution in [1.82, 2.24) is 9.97 Å². The molecule has 3 rings (SSSR count). The molecule has 3 aromatic rings. The summed E-state index contributed by atoms with van der Waals surface area (Å²) in [5.74, 6) is 0.634. The van der Waals surface area contributed by atoms with Gasteiger partial charge in [0.05, 0.1) is 6.20 Å². The first-order chi connectivity index (χ1) is 11.2. The standard InChI is InChI=1S/C18H18N2O2S/c1-2-18(21,17-20-8-9-23-17)15-10-16(12-19-11-15)22-13-14-6-4-3-5-7-14/h3-12,21H,2,13H2,1H3. The summed E-state index contributed by atoms with van der Waals surface area (Å²) in [5.41, 5.74) is 0.650. The topological polar surface area (TPSA) is 55.2 Å². The van der Waals surface area contributed by atoms with Crippen molar-refractivity contribution in [1.29, 1.82) is 0 Å². The normalized spacial score (nSPS) is 13.5. The van der Waals surface area contributed by atoms with Crippen LogP contribution in [0.3, 0.4) is 0 Å². The van der Waals surface area contributed by atoms with Crippen molar-refractivity contribution in [2.75, 3.05) is 0 Å². The molecule has 118 valence electrons. The van der Waals surface area contributed by atoms with E-state index in [9.17, 15) is 5.11 Å². The van der Waals surface area contributed by atoms with Crippen LogP contribution in [0, 0.1) is 0 Å². The molecule has 0 radical (unpaired) electrons. The molecule has 1 N–H and O–H groups in total. The van der Waals surface area contributed by atoms with Gasteiger partial charge in [0.15, 0.2) is 0 Å². The van der Waals surface area contributed by atoms with Gasteiger partial charge in [0.1, 0.15) is 23.0 Å². The summed E-state index contributed by atoms with van der Waals surface area (Å²) < 4.78 is 5.80. The lowest BCUT2D eigenvalue weighted by atomic mass is 9.93. The molecule has 0 aliphatic rings.